The van der Waals surface area contributed by atoms with Crippen molar-refractivity contribution in [1.82, 2.24) is 4.90 Å². The lowest BCUT2D eigenvalue weighted by Crippen LogP contribution is -2.32. The summed E-state index contributed by atoms with van der Waals surface area (Å²) in [5, 5.41) is 5.08. The Morgan fingerprint density at radius 3 is 2.56 bits per heavy atom. The fraction of sp³-hybridized carbons (Fsp3) is 0.176. The van der Waals surface area contributed by atoms with Gasteiger partial charge in [0.1, 0.15) is 17.3 Å². The zero-order chi connectivity index (χ0) is 18.0. The number of primary sulfonamides is 1. The fourth-order valence-corrected chi connectivity index (χ4v) is 3.04. The molecule has 0 unspecified atom stereocenters. The Kier molecular flexibility index (Phi) is 4.56. The average Bonchev–Trinajstić information content (AvgIpc) is 3.15. The minimum Gasteiger partial charge on any atom is -0.465 e. The van der Waals surface area contributed by atoms with Gasteiger partial charge < -0.3 is 4.42 Å². The smallest absolute Gasteiger partial charge is 0.277 e. The maximum absolute atomic E-state index is 12.5. The van der Waals surface area contributed by atoms with E-state index in [0.717, 1.165) is 5.56 Å². The number of rotatable bonds is 5. The van der Waals surface area contributed by atoms with E-state index in [2.05, 4.69) is 4.99 Å². The van der Waals surface area contributed by atoms with E-state index >= 15 is 0 Å². The van der Waals surface area contributed by atoms with E-state index in [4.69, 9.17) is 9.56 Å². The lowest BCUT2D eigenvalue weighted by molar-refractivity contribution is -0.122. The SMILES string of the molecule is CC1=N/C(=C\c2ccco2)C(=O)N1CCc1ccc(S(N)(=O)=O)cc1. The molecule has 130 valence electrons. The van der Waals surface area contributed by atoms with Gasteiger partial charge in [0.15, 0.2) is 0 Å². The number of benzene rings is 1. The van der Waals surface area contributed by atoms with Crippen LogP contribution < -0.4 is 5.14 Å². The molecule has 3 rings (SSSR count). The zero-order valence-electron chi connectivity index (χ0n) is 13.5. The van der Waals surface area contributed by atoms with Gasteiger partial charge in [0.25, 0.3) is 5.91 Å². The first-order chi connectivity index (χ1) is 11.8. The monoisotopic (exact) mass is 359 g/mol. The van der Waals surface area contributed by atoms with Crippen molar-refractivity contribution >= 4 is 27.8 Å². The molecule has 1 aromatic heterocycles. The molecule has 1 amide bonds. The van der Waals surface area contributed by atoms with Gasteiger partial charge >= 0.3 is 0 Å². The molecule has 0 bridgehead atoms. The number of hydrogen-bond donors (Lipinski definition) is 1. The van der Waals surface area contributed by atoms with Crippen LogP contribution in [0, 0.1) is 0 Å². The number of furan rings is 1. The van der Waals surface area contributed by atoms with Gasteiger partial charge in [-0.2, -0.15) is 0 Å². The minimum atomic E-state index is -3.70. The molecule has 1 aliphatic heterocycles. The van der Waals surface area contributed by atoms with Crippen molar-refractivity contribution in [1.29, 1.82) is 0 Å². The lowest BCUT2D eigenvalue weighted by Gasteiger charge is -2.15. The Labute approximate surface area is 145 Å². The highest BCUT2D eigenvalue weighted by Crippen LogP contribution is 2.19. The molecule has 1 aromatic carbocycles. The average molecular weight is 359 g/mol. The molecule has 8 heteroatoms. The normalized spacial score (nSPS) is 16.6. The van der Waals surface area contributed by atoms with E-state index in [1.54, 1.807) is 42.2 Å². The van der Waals surface area contributed by atoms with Gasteiger partial charge in [0.2, 0.25) is 10.0 Å². The molecular formula is C17H17N3O4S. The summed E-state index contributed by atoms with van der Waals surface area (Å²) in [5.74, 6) is 0.999. The highest BCUT2D eigenvalue weighted by atomic mass is 32.2. The summed E-state index contributed by atoms with van der Waals surface area (Å²) in [7, 11) is -3.70. The largest absolute Gasteiger partial charge is 0.465 e. The standard InChI is InChI=1S/C17H17N3O4S/c1-12-19-16(11-14-3-2-10-24-14)17(21)20(12)9-8-13-4-6-15(7-5-13)25(18,22)23/h2-7,10-11H,8-9H2,1H3,(H2,18,22,23)/b16-11-. The highest BCUT2D eigenvalue weighted by Gasteiger charge is 2.27. The summed E-state index contributed by atoms with van der Waals surface area (Å²) in [6.45, 7) is 2.21. The molecule has 0 spiro atoms. The number of sulfonamides is 1. The van der Waals surface area contributed by atoms with Gasteiger partial charge in [-0.3, -0.25) is 9.69 Å². The minimum absolute atomic E-state index is 0.0647. The molecule has 7 nitrogen and oxygen atoms in total. The first-order valence-electron chi connectivity index (χ1n) is 7.59. The molecule has 0 fully saturated rings. The Hall–Kier alpha value is -2.71. The van der Waals surface area contributed by atoms with Gasteiger partial charge in [-0.15, -0.1) is 0 Å². The summed E-state index contributed by atoms with van der Waals surface area (Å²) in [6, 6.07) is 9.78. The summed E-state index contributed by atoms with van der Waals surface area (Å²) >= 11 is 0. The number of aliphatic imine (C=N–C) groups is 1. The van der Waals surface area contributed by atoms with Crippen molar-refractivity contribution in [2.75, 3.05) is 6.54 Å². The van der Waals surface area contributed by atoms with Crippen molar-refractivity contribution in [2.45, 2.75) is 18.2 Å². The Bertz CT molecular complexity index is 942. The second kappa shape index (κ2) is 6.66. The molecule has 2 aromatic rings. The second-order valence-corrected chi connectivity index (χ2v) is 7.16. The molecule has 0 radical (unpaired) electrons. The number of hydrogen-bond acceptors (Lipinski definition) is 5. The van der Waals surface area contributed by atoms with Gasteiger partial charge in [0.05, 0.1) is 11.2 Å². The summed E-state index contributed by atoms with van der Waals surface area (Å²) in [4.78, 5) is 18.4. The van der Waals surface area contributed by atoms with Crippen LogP contribution in [0.1, 0.15) is 18.2 Å². The molecule has 0 saturated heterocycles. The first-order valence-corrected chi connectivity index (χ1v) is 9.13. The Morgan fingerprint density at radius 1 is 1.24 bits per heavy atom. The molecule has 1 aliphatic rings. The maximum Gasteiger partial charge on any atom is 0.277 e. The van der Waals surface area contributed by atoms with E-state index in [-0.39, 0.29) is 10.8 Å². The van der Waals surface area contributed by atoms with Crippen molar-refractivity contribution in [3.05, 3.63) is 59.7 Å². The fourth-order valence-electron chi connectivity index (χ4n) is 2.52. The summed E-state index contributed by atoms with van der Waals surface area (Å²) < 4.78 is 27.7. The van der Waals surface area contributed by atoms with E-state index < -0.39 is 10.0 Å². The van der Waals surface area contributed by atoms with E-state index in [9.17, 15) is 13.2 Å². The first kappa shape index (κ1) is 17.1. The molecule has 2 N–H and O–H groups in total. The number of carbonyl (C=O) groups is 1. The summed E-state index contributed by atoms with van der Waals surface area (Å²) in [5.41, 5.74) is 1.23. The molecule has 0 atom stereocenters. The van der Waals surface area contributed by atoms with Crippen molar-refractivity contribution in [3.8, 4) is 0 Å². The van der Waals surface area contributed by atoms with Crippen LogP contribution in [0.25, 0.3) is 6.08 Å². The van der Waals surface area contributed by atoms with Crippen LogP contribution in [-0.2, 0) is 21.2 Å². The van der Waals surface area contributed by atoms with Crippen LogP contribution >= 0.6 is 0 Å². The third-order valence-electron chi connectivity index (χ3n) is 3.84. The zero-order valence-corrected chi connectivity index (χ0v) is 14.4. The van der Waals surface area contributed by atoms with Crippen molar-refractivity contribution in [2.24, 2.45) is 10.1 Å². The van der Waals surface area contributed by atoms with Crippen molar-refractivity contribution < 1.29 is 17.6 Å². The Morgan fingerprint density at radius 2 is 1.96 bits per heavy atom. The molecule has 0 aliphatic carbocycles. The van der Waals surface area contributed by atoms with Crippen LogP contribution in [0.4, 0.5) is 0 Å². The van der Waals surface area contributed by atoms with Crippen LogP contribution in [0.2, 0.25) is 0 Å². The predicted octanol–water partition coefficient (Wildman–Crippen LogP) is 1.77. The number of nitrogens with zero attached hydrogens (tertiary/aromatic N) is 2. The Balaban J connectivity index is 1.68. The van der Waals surface area contributed by atoms with Gasteiger partial charge in [0, 0.05) is 12.6 Å². The highest BCUT2D eigenvalue weighted by molar-refractivity contribution is 7.89. The van der Waals surface area contributed by atoms with Crippen molar-refractivity contribution in [3.63, 3.8) is 0 Å². The number of amides is 1. The number of amidine groups is 1. The third-order valence-corrected chi connectivity index (χ3v) is 4.76. The van der Waals surface area contributed by atoms with Gasteiger partial charge in [-0.25, -0.2) is 18.5 Å². The predicted molar refractivity (Wildman–Crippen MR) is 93.0 cm³/mol. The topological polar surface area (TPSA) is 106 Å². The van der Waals surface area contributed by atoms with Gasteiger partial charge in [-0.05, 0) is 43.2 Å². The van der Waals surface area contributed by atoms with E-state index in [0.29, 0.717) is 30.3 Å². The summed E-state index contributed by atoms with van der Waals surface area (Å²) in [6.07, 6.45) is 3.70. The number of carbonyl (C=O) groups excluding carboxylic acids is 1. The third kappa shape index (κ3) is 3.86. The quantitative estimate of drug-likeness (QED) is 0.821. The molecule has 0 saturated carbocycles. The lowest BCUT2D eigenvalue weighted by atomic mass is 10.1. The van der Waals surface area contributed by atoms with Gasteiger partial charge in [-0.1, -0.05) is 12.1 Å². The van der Waals surface area contributed by atoms with Crippen LogP contribution in [0.5, 0.6) is 0 Å². The molecule has 25 heavy (non-hydrogen) atoms. The van der Waals surface area contributed by atoms with Crippen LogP contribution in [-0.4, -0.2) is 31.6 Å². The van der Waals surface area contributed by atoms with E-state index in [1.807, 2.05) is 0 Å². The van der Waals surface area contributed by atoms with Crippen LogP contribution in [0.3, 0.4) is 0 Å². The molecule has 2 heterocycles. The van der Waals surface area contributed by atoms with E-state index in [1.165, 1.54) is 18.4 Å². The number of nitrogens with two attached hydrogens (primary N) is 1. The molecular weight excluding hydrogens is 342 g/mol. The maximum atomic E-state index is 12.5. The van der Waals surface area contributed by atoms with Crippen LogP contribution in [0.15, 0.2) is 62.7 Å². The second-order valence-electron chi connectivity index (χ2n) is 5.60.